The lowest BCUT2D eigenvalue weighted by atomic mass is 10.00. The Morgan fingerprint density at radius 1 is 1.38 bits per heavy atom. The number of anilines is 1. The molecule has 0 aromatic carbocycles. The van der Waals surface area contributed by atoms with E-state index in [1.54, 1.807) is 6.92 Å². The average molecular weight is 311 g/mol. The van der Waals surface area contributed by atoms with Gasteiger partial charge in [0, 0.05) is 4.88 Å². The summed E-state index contributed by atoms with van der Waals surface area (Å²) in [6.45, 7) is 3.70. The van der Waals surface area contributed by atoms with Crippen molar-refractivity contribution in [2.24, 2.45) is 5.92 Å². The van der Waals surface area contributed by atoms with Gasteiger partial charge in [-0.15, -0.1) is 11.3 Å². The monoisotopic (exact) mass is 311 g/mol. The molecule has 1 unspecified atom stereocenters. The van der Waals surface area contributed by atoms with Gasteiger partial charge in [0.25, 0.3) is 0 Å². The van der Waals surface area contributed by atoms with E-state index in [1.165, 1.54) is 16.2 Å². The number of aryl methyl sites for hydroxylation is 2. The Morgan fingerprint density at radius 3 is 2.71 bits per heavy atom. The number of thiazole rings is 1. The Hall–Kier alpha value is -1.63. The number of amides is 2. The maximum absolute atomic E-state index is 11.9. The molecule has 2 atom stereocenters. The molecule has 116 valence electrons. The number of rotatable bonds is 5. The number of aromatic nitrogens is 1. The number of carboxylic acid groups (broad SMARTS) is 1. The van der Waals surface area contributed by atoms with Crippen LogP contribution in [0.25, 0.3) is 0 Å². The third-order valence-corrected chi connectivity index (χ3v) is 4.90. The number of carbonyl (C=O) groups is 2. The van der Waals surface area contributed by atoms with Gasteiger partial charge in [0.15, 0.2) is 5.13 Å². The Balaban J connectivity index is 1.97. The predicted octanol–water partition coefficient (Wildman–Crippen LogP) is 2.64. The lowest BCUT2D eigenvalue weighted by Crippen LogP contribution is -2.46. The van der Waals surface area contributed by atoms with E-state index < -0.39 is 18.0 Å². The topological polar surface area (TPSA) is 91.3 Å². The number of carboxylic acids is 1. The van der Waals surface area contributed by atoms with E-state index in [4.69, 9.17) is 5.11 Å². The third-order valence-electron chi connectivity index (χ3n) is 3.83. The molecule has 0 fully saturated rings. The molecule has 3 N–H and O–H groups in total. The quantitative estimate of drug-likeness (QED) is 0.779. The highest BCUT2D eigenvalue weighted by Gasteiger charge is 2.26. The summed E-state index contributed by atoms with van der Waals surface area (Å²) in [6.07, 6.45) is 4.96. The van der Waals surface area contributed by atoms with Gasteiger partial charge in [-0.1, -0.05) is 20.3 Å². The van der Waals surface area contributed by atoms with Gasteiger partial charge in [0.2, 0.25) is 0 Å². The summed E-state index contributed by atoms with van der Waals surface area (Å²) in [5, 5.41) is 14.9. The molecule has 1 aromatic heterocycles. The second-order valence-electron chi connectivity index (χ2n) is 5.40. The molecule has 0 saturated carbocycles. The molecule has 2 rings (SSSR count). The number of urea groups is 1. The number of carbonyl (C=O) groups excluding carboxylic acids is 1. The van der Waals surface area contributed by atoms with Crippen LogP contribution >= 0.6 is 11.3 Å². The highest BCUT2D eigenvalue weighted by atomic mass is 32.1. The van der Waals surface area contributed by atoms with Crippen LogP contribution in [0, 0.1) is 5.92 Å². The van der Waals surface area contributed by atoms with E-state index in [1.807, 2.05) is 6.92 Å². The van der Waals surface area contributed by atoms with Crippen molar-refractivity contribution in [2.75, 3.05) is 5.32 Å². The summed E-state index contributed by atoms with van der Waals surface area (Å²) in [7, 11) is 0. The number of fused-ring (bicyclic) bond motifs is 1. The Bertz CT molecular complexity index is 506. The molecule has 2 amide bonds. The average Bonchev–Trinajstić information content (AvgIpc) is 2.85. The van der Waals surface area contributed by atoms with Crippen LogP contribution in [-0.2, 0) is 17.6 Å². The lowest BCUT2D eigenvalue weighted by molar-refractivity contribution is -0.140. The van der Waals surface area contributed by atoms with Crippen molar-refractivity contribution in [3.63, 3.8) is 0 Å². The van der Waals surface area contributed by atoms with Crippen molar-refractivity contribution in [3.8, 4) is 0 Å². The van der Waals surface area contributed by atoms with Crippen LogP contribution in [0.15, 0.2) is 0 Å². The SMILES string of the molecule is CCC(C)[C@H](NC(=O)Nc1nc2c(s1)CCCC2)C(=O)O. The van der Waals surface area contributed by atoms with Crippen LogP contribution in [0.4, 0.5) is 9.93 Å². The molecule has 1 aromatic rings. The Kier molecular flexibility index (Phi) is 5.17. The highest BCUT2D eigenvalue weighted by molar-refractivity contribution is 7.15. The summed E-state index contributed by atoms with van der Waals surface area (Å²) >= 11 is 1.48. The fraction of sp³-hybridized carbons (Fsp3) is 0.643. The normalized spacial score (nSPS) is 16.7. The molecule has 0 aliphatic heterocycles. The third kappa shape index (κ3) is 3.93. The van der Waals surface area contributed by atoms with Gasteiger partial charge in [-0.05, 0) is 31.6 Å². The lowest BCUT2D eigenvalue weighted by Gasteiger charge is -2.19. The standard InChI is InChI=1S/C14H21N3O3S/c1-3-8(2)11(12(18)19)16-13(20)17-14-15-9-6-4-5-7-10(9)21-14/h8,11H,3-7H2,1-2H3,(H,18,19)(H2,15,16,17,20)/t8?,11-/m0/s1. The smallest absolute Gasteiger partial charge is 0.326 e. The zero-order chi connectivity index (χ0) is 15.4. The fourth-order valence-corrected chi connectivity index (χ4v) is 3.41. The van der Waals surface area contributed by atoms with E-state index in [0.29, 0.717) is 11.6 Å². The van der Waals surface area contributed by atoms with Gasteiger partial charge in [-0.25, -0.2) is 14.6 Å². The molecule has 6 nitrogen and oxygen atoms in total. The van der Waals surface area contributed by atoms with E-state index in [0.717, 1.165) is 31.4 Å². The van der Waals surface area contributed by atoms with Gasteiger partial charge in [0.1, 0.15) is 6.04 Å². The number of nitrogens with zero attached hydrogens (tertiary/aromatic N) is 1. The van der Waals surface area contributed by atoms with Crippen molar-refractivity contribution in [3.05, 3.63) is 10.6 Å². The van der Waals surface area contributed by atoms with Gasteiger partial charge in [0.05, 0.1) is 5.69 Å². The highest BCUT2D eigenvalue weighted by Crippen LogP contribution is 2.29. The maximum Gasteiger partial charge on any atom is 0.326 e. The maximum atomic E-state index is 11.9. The first-order valence-electron chi connectivity index (χ1n) is 7.30. The van der Waals surface area contributed by atoms with Crippen molar-refractivity contribution < 1.29 is 14.7 Å². The molecule has 21 heavy (non-hydrogen) atoms. The zero-order valence-electron chi connectivity index (χ0n) is 12.3. The number of aliphatic carboxylic acids is 1. The second-order valence-corrected chi connectivity index (χ2v) is 6.48. The minimum absolute atomic E-state index is 0.127. The van der Waals surface area contributed by atoms with E-state index in [9.17, 15) is 9.59 Å². The van der Waals surface area contributed by atoms with Crippen LogP contribution < -0.4 is 10.6 Å². The molecule has 0 saturated heterocycles. The van der Waals surface area contributed by atoms with Crippen LogP contribution in [0.1, 0.15) is 43.7 Å². The van der Waals surface area contributed by atoms with E-state index >= 15 is 0 Å². The molecular formula is C14H21N3O3S. The van der Waals surface area contributed by atoms with Crippen LogP contribution in [0.5, 0.6) is 0 Å². The van der Waals surface area contributed by atoms with Crippen molar-refractivity contribution in [2.45, 2.75) is 52.0 Å². The van der Waals surface area contributed by atoms with Gasteiger partial charge in [-0.3, -0.25) is 5.32 Å². The Labute approximate surface area is 128 Å². The molecular weight excluding hydrogens is 290 g/mol. The minimum atomic E-state index is -1.02. The fourth-order valence-electron chi connectivity index (χ4n) is 2.36. The molecule has 1 aliphatic rings. The van der Waals surface area contributed by atoms with Crippen LogP contribution in [0.3, 0.4) is 0 Å². The van der Waals surface area contributed by atoms with Crippen molar-refractivity contribution in [1.29, 1.82) is 0 Å². The van der Waals surface area contributed by atoms with E-state index in [-0.39, 0.29) is 5.92 Å². The summed E-state index contributed by atoms with van der Waals surface area (Å²) in [4.78, 5) is 28.8. The van der Waals surface area contributed by atoms with Gasteiger partial charge >= 0.3 is 12.0 Å². The van der Waals surface area contributed by atoms with Gasteiger partial charge < -0.3 is 10.4 Å². The summed E-state index contributed by atoms with van der Waals surface area (Å²) < 4.78 is 0. The number of hydrogen-bond acceptors (Lipinski definition) is 4. The first-order valence-corrected chi connectivity index (χ1v) is 8.11. The van der Waals surface area contributed by atoms with Crippen molar-refractivity contribution >= 4 is 28.5 Å². The summed E-state index contributed by atoms with van der Waals surface area (Å²) in [5.41, 5.74) is 1.07. The second kappa shape index (κ2) is 6.89. The molecule has 7 heteroatoms. The molecule has 0 spiro atoms. The predicted molar refractivity (Wildman–Crippen MR) is 81.8 cm³/mol. The molecule has 0 radical (unpaired) electrons. The Morgan fingerprint density at radius 2 is 2.10 bits per heavy atom. The number of hydrogen-bond donors (Lipinski definition) is 3. The van der Waals surface area contributed by atoms with Crippen LogP contribution in [0.2, 0.25) is 0 Å². The molecule has 1 heterocycles. The first-order chi connectivity index (χ1) is 10.0. The largest absolute Gasteiger partial charge is 0.480 e. The van der Waals surface area contributed by atoms with Crippen molar-refractivity contribution in [1.82, 2.24) is 10.3 Å². The van der Waals surface area contributed by atoms with Gasteiger partial charge in [-0.2, -0.15) is 0 Å². The first kappa shape index (κ1) is 15.8. The van der Waals surface area contributed by atoms with E-state index in [2.05, 4.69) is 15.6 Å². The summed E-state index contributed by atoms with van der Waals surface area (Å²) in [6, 6.07) is -1.39. The zero-order valence-corrected chi connectivity index (χ0v) is 13.1. The molecule has 1 aliphatic carbocycles. The minimum Gasteiger partial charge on any atom is -0.480 e. The molecule has 0 bridgehead atoms. The summed E-state index contributed by atoms with van der Waals surface area (Å²) in [5.74, 6) is -1.14. The number of nitrogens with one attached hydrogen (secondary N) is 2. The van der Waals surface area contributed by atoms with Crippen LogP contribution in [-0.4, -0.2) is 28.1 Å².